The van der Waals surface area contributed by atoms with E-state index in [9.17, 15) is 4.79 Å². The number of ether oxygens (including phenoxy) is 1. The summed E-state index contributed by atoms with van der Waals surface area (Å²) < 4.78 is 5.11. The molecule has 1 atom stereocenters. The molecule has 112 valence electrons. The van der Waals surface area contributed by atoms with Gasteiger partial charge in [0.15, 0.2) is 0 Å². The number of nitrogens with two attached hydrogens (primary N) is 1. The van der Waals surface area contributed by atoms with E-state index in [0.717, 1.165) is 30.8 Å². The molecule has 1 fully saturated rings. The minimum Gasteiger partial charge on any atom is -0.497 e. The van der Waals surface area contributed by atoms with Crippen LogP contribution in [0.5, 0.6) is 5.75 Å². The van der Waals surface area contributed by atoms with E-state index in [1.807, 2.05) is 29.2 Å². The van der Waals surface area contributed by atoms with Gasteiger partial charge in [0.2, 0.25) is 5.91 Å². The highest BCUT2D eigenvalue weighted by molar-refractivity contribution is 5.85. The third kappa shape index (κ3) is 3.87. The Morgan fingerprint density at radius 1 is 1.40 bits per heavy atom. The number of hydrogen-bond acceptors (Lipinski definition) is 3. The number of halogens is 1. The molecule has 2 N–H and O–H groups in total. The maximum atomic E-state index is 12.2. The summed E-state index contributed by atoms with van der Waals surface area (Å²) in [5.74, 6) is 0.996. The van der Waals surface area contributed by atoms with Gasteiger partial charge in [-0.25, -0.2) is 0 Å². The van der Waals surface area contributed by atoms with Crippen molar-refractivity contribution in [3.63, 3.8) is 0 Å². The van der Waals surface area contributed by atoms with Crippen molar-refractivity contribution in [2.75, 3.05) is 26.7 Å². The van der Waals surface area contributed by atoms with Crippen LogP contribution in [-0.4, -0.2) is 37.6 Å². The molecule has 1 saturated heterocycles. The minimum absolute atomic E-state index is 0. The lowest BCUT2D eigenvalue weighted by Crippen LogP contribution is -2.35. The molecule has 4 nitrogen and oxygen atoms in total. The molecule has 0 aliphatic carbocycles. The van der Waals surface area contributed by atoms with E-state index in [1.165, 1.54) is 0 Å². The standard InChI is InChI=1S/C15H22N2O2.ClH/c1-15(10-16)7-8-17(11-15)14(18)9-12-3-5-13(19-2)6-4-12;/h3-6H,7-11,16H2,1-2H3;1H. The van der Waals surface area contributed by atoms with E-state index in [1.54, 1.807) is 7.11 Å². The van der Waals surface area contributed by atoms with Crippen molar-refractivity contribution in [2.45, 2.75) is 19.8 Å². The predicted octanol–water partition coefficient (Wildman–Crippen LogP) is 1.86. The number of rotatable bonds is 4. The lowest BCUT2D eigenvalue weighted by molar-refractivity contribution is -0.129. The number of carbonyl (C=O) groups excluding carboxylic acids is 1. The molecule has 1 heterocycles. The second-order valence-corrected chi connectivity index (χ2v) is 5.60. The third-order valence-electron chi connectivity index (χ3n) is 3.92. The molecule has 0 aromatic heterocycles. The number of carbonyl (C=O) groups is 1. The average molecular weight is 299 g/mol. The first kappa shape index (κ1) is 16.8. The summed E-state index contributed by atoms with van der Waals surface area (Å²) in [6.07, 6.45) is 1.45. The summed E-state index contributed by atoms with van der Waals surface area (Å²) >= 11 is 0. The van der Waals surface area contributed by atoms with Crippen LogP contribution in [0.15, 0.2) is 24.3 Å². The van der Waals surface area contributed by atoms with Crippen LogP contribution in [0.25, 0.3) is 0 Å². The van der Waals surface area contributed by atoms with Crippen LogP contribution in [-0.2, 0) is 11.2 Å². The predicted molar refractivity (Wildman–Crippen MR) is 82.3 cm³/mol. The molecule has 1 aliphatic heterocycles. The van der Waals surface area contributed by atoms with Gasteiger partial charge < -0.3 is 15.4 Å². The molecule has 1 aromatic rings. The Hall–Kier alpha value is -1.26. The molecule has 5 heteroatoms. The van der Waals surface area contributed by atoms with Crippen LogP contribution >= 0.6 is 12.4 Å². The third-order valence-corrected chi connectivity index (χ3v) is 3.92. The summed E-state index contributed by atoms with van der Waals surface area (Å²) in [6, 6.07) is 7.65. The second kappa shape index (κ2) is 6.95. The number of amides is 1. The highest BCUT2D eigenvalue weighted by Gasteiger charge is 2.34. The zero-order chi connectivity index (χ0) is 13.9. The van der Waals surface area contributed by atoms with Crippen molar-refractivity contribution < 1.29 is 9.53 Å². The van der Waals surface area contributed by atoms with Gasteiger partial charge in [0.1, 0.15) is 5.75 Å². The van der Waals surface area contributed by atoms with Gasteiger partial charge in [0, 0.05) is 13.1 Å². The molecule has 1 aliphatic rings. The first-order valence-electron chi connectivity index (χ1n) is 6.67. The summed E-state index contributed by atoms with van der Waals surface area (Å²) in [5, 5.41) is 0. The fourth-order valence-corrected chi connectivity index (χ4v) is 2.43. The molecular weight excluding hydrogens is 276 g/mol. The monoisotopic (exact) mass is 298 g/mol. The quantitative estimate of drug-likeness (QED) is 0.923. The van der Waals surface area contributed by atoms with Gasteiger partial charge in [-0.05, 0) is 36.1 Å². The second-order valence-electron chi connectivity index (χ2n) is 5.60. The van der Waals surface area contributed by atoms with Crippen LogP contribution < -0.4 is 10.5 Å². The fourth-order valence-electron chi connectivity index (χ4n) is 2.43. The SMILES string of the molecule is COc1ccc(CC(=O)N2CCC(C)(CN)C2)cc1.Cl. The number of methoxy groups -OCH3 is 1. The number of likely N-dealkylation sites (tertiary alicyclic amines) is 1. The molecule has 2 rings (SSSR count). The van der Waals surface area contributed by atoms with Gasteiger partial charge in [-0.1, -0.05) is 19.1 Å². The molecule has 1 aromatic carbocycles. The molecule has 20 heavy (non-hydrogen) atoms. The van der Waals surface area contributed by atoms with Gasteiger partial charge in [-0.15, -0.1) is 12.4 Å². The maximum Gasteiger partial charge on any atom is 0.227 e. The average Bonchev–Trinajstić information content (AvgIpc) is 2.83. The summed E-state index contributed by atoms with van der Waals surface area (Å²) in [4.78, 5) is 14.2. The summed E-state index contributed by atoms with van der Waals surface area (Å²) in [6.45, 7) is 4.38. The van der Waals surface area contributed by atoms with Gasteiger partial charge in [0.05, 0.1) is 13.5 Å². The van der Waals surface area contributed by atoms with E-state index in [2.05, 4.69) is 6.92 Å². The molecule has 0 bridgehead atoms. The minimum atomic E-state index is 0. The van der Waals surface area contributed by atoms with E-state index in [-0.39, 0.29) is 23.7 Å². The fraction of sp³-hybridized carbons (Fsp3) is 0.533. The van der Waals surface area contributed by atoms with Crippen molar-refractivity contribution in [1.82, 2.24) is 4.90 Å². The van der Waals surface area contributed by atoms with E-state index >= 15 is 0 Å². The smallest absolute Gasteiger partial charge is 0.227 e. The molecule has 0 spiro atoms. The van der Waals surface area contributed by atoms with Crippen LogP contribution in [0.3, 0.4) is 0 Å². The lowest BCUT2D eigenvalue weighted by Gasteiger charge is -2.22. The Morgan fingerprint density at radius 3 is 2.55 bits per heavy atom. The van der Waals surface area contributed by atoms with Crippen LogP contribution in [0, 0.1) is 5.41 Å². The highest BCUT2D eigenvalue weighted by Crippen LogP contribution is 2.28. The van der Waals surface area contributed by atoms with Crippen molar-refractivity contribution >= 4 is 18.3 Å². The number of hydrogen-bond donors (Lipinski definition) is 1. The van der Waals surface area contributed by atoms with Crippen molar-refractivity contribution in [3.8, 4) is 5.75 Å². The van der Waals surface area contributed by atoms with Crippen LogP contribution in [0.2, 0.25) is 0 Å². The van der Waals surface area contributed by atoms with E-state index in [4.69, 9.17) is 10.5 Å². The van der Waals surface area contributed by atoms with E-state index in [0.29, 0.717) is 13.0 Å². The van der Waals surface area contributed by atoms with Gasteiger partial charge in [-0.2, -0.15) is 0 Å². The van der Waals surface area contributed by atoms with Crippen molar-refractivity contribution in [3.05, 3.63) is 29.8 Å². The van der Waals surface area contributed by atoms with Crippen LogP contribution in [0.4, 0.5) is 0 Å². The van der Waals surface area contributed by atoms with Crippen molar-refractivity contribution in [2.24, 2.45) is 11.1 Å². The summed E-state index contributed by atoms with van der Waals surface area (Å²) in [7, 11) is 1.64. The Morgan fingerprint density at radius 2 is 2.05 bits per heavy atom. The largest absolute Gasteiger partial charge is 0.497 e. The van der Waals surface area contributed by atoms with Gasteiger partial charge in [-0.3, -0.25) is 4.79 Å². The highest BCUT2D eigenvalue weighted by atomic mass is 35.5. The van der Waals surface area contributed by atoms with Gasteiger partial charge in [0.25, 0.3) is 0 Å². The Balaban J connectivity index is 0.00000200. The summed E-state index contributed by atoms with van der Waals surface area (Å²) in [5.41, 5.74) is 6.88. The van der Waals surface area contributed by atoms with E-state index < -0.39 is 0 Å². The number of benzene rings is 1. The maximum absolute atomic E-state index is 12.2. The molecule has 1 amide bonds. The first-order chi connectivity index (χ1) is 9.06. The molecule has 0 saturated carbocycles. The lowest BCUT2D eigenvalue weighted by atomic mass is 9.90. The molecule has 1 unspecified atom stereocenters. The zero-order valence-corrected chi connectivity index (χ0v) is 12.9. The van der Waals surface area contributed by atoms with Crippen LogP contribution in [0.1, 0.15) is 18.9 Å². The topological polar surface area (TPSA) is 55.6 Å². The normalized spacial score (nSPS) is 21.4. The molecule has 0 radical (unpaired) electrons. The Kier molecular flexibility index (Phi) is 5.84. The molecular formula is C15H23ClN2O2. The zero-order valence-electron chi connectivity index (χ0n) is 12.1. The van der Waals surface area contributed by atoms with Crippen molar-refractivity contribution in [1.29, 1.82) is 0 Å². The Bertz CT molecular complexity index is 450. The van der Waals surface area contributed by atoms with Gasteiger partial charge >= 0.3 is 0 Å². The first-order valence-corrected chi connectivity index (χ1v) is 6.67. The Labute approximate surface area is 126 Å². The number of nitrogens with zero attached hydrogens (tertiary/aromatic N) is 1.